The Morgan fingerprint density at radius 2 is 1.85 bits per heavy atom. The Kier molecular flexibility index (Phi) is 8.26. The summed E-state index contributed by atoms with van der Waals surface area (Å²) in [6.45, 7) is 6.05. The van der Waals surface area contributed by atoms with Crippen LogP contribution in [-0.4, -0.2) is 40.1 Å². The van der Waals surface area contributed by atoms with Gasteiger partial charge >= 0.3 is 0 Å². The minimum atomic E-state index is 0.173. The quantitative estimate of drug-likeness (QED) is 0.669. The molecule has 20 heavy (non-hydrogen) atoms. The van der Waals surface area contributed by atoms with Gasteiger partial charge in [0, 0.05) is 25.3 Å². The van der Waals surface area contributed by atoms with Crippen molar-refractivity contribution >= 4 is 0 Å². The maximum Gasteiger partial charge on any atom is 0.124 e. The summed E-state index contributed by atoms with van der Waals surface area (Å²) in [6.07, 6.45) is 1.07. The van der Waals surface area contributed by atoms with Gasteiger partial charge in [0.25, 0.3) is 0 Å². The van der Waals surface area contributed by atoms with Crippen molar-refractivity contribution in [3.05, 3.63) is 29.8 Å². The van der Waals surface area contributed by atoms with Gasteiger partial charge in [-0.05, 0) is 33.4 Å². The first-order chi connectivity index (χ1) is 9.69. The molecule has 1 aromatic rings. The third kappa shape index (κ3) is 5.90. The molecule has 0 radical (unpaired) electrons. The molecule has 0 heterocycles. The molecule has 1 rings (SSSR count). The molecule has 1 aromatic carbocycles. The Labute approximate surface area is 122 Å². The summed E-state index contributed by atoms with van der Waals surface area (Å²) in [6, 6.07) is 8.40. The Balaban J connectivity index is 2.59. The van der Waals surface area contributed by atoms with E-state index in [1.165, 1.54) is 5.56 Å². The molecule has 4 nitrogen and oxygen atoms in total. The molecule has 0 saturated heterocycles. The van der Waals surface area contributed by atoms with E-state index in [1.807, 2.05) is 39.1 Å². The Hall–Kier alpha value is -1.10. The zero-order valence-electron chi connectivity index (χ0n) is 13.0. The van der Waals surface area contributed by atoms with Gasteiger partial charge in [0.05, 0.1) is 19.3 Å². The fraction of sp³-hybridized carbons (Fsp3) is 0.625. The Bertz CT molecular complexity index is 368. The molecule has 0 amide bonds. The lowest BCUT2D eigenvalue weighted by Gasteiger charge is -2.21. The first kappa shape index (κ1) is 17.0. The lowest BCUT2D eigenvalue weighted by atomic mass is 10.0. The number of hydrogen-bond donors (Lipinski definition) is 1. The van der Waals surface area contributed by atoms with Crippen molar-refractivity contribution in [2.75, 3.05) is 34.0 Å². The van der Waals surface area contributed by atoms with Crippen molar-refractivity contribution in [1.82, 2.24) is 5.32 Å². The molecule has 4 heteroatoms. The molecule has 0 bridgehead atoms. The number of nitrogens with one attached hydrogen (secondary N) is 1. The fourth-order valence-corrected chi connectivity index (χ4v) is 2.03. The average molecular weight is 281 g/mol. The molecular formula is C16H27NO3. The third-order valence-corrected chi connectivity index (χ3v) is 2.99. The Morgan fingerprint density at radius 3 is 2.50 bits per heavy atom. The van der Waals surface area contributed by atoms with Crippen molar-refractivity contribution in [1.29, 1.82) is 0 Å². The first-order valence-corrected chi connectivity index (χ1v) is 7.18. The van der Waals surface area contributed by atoms with Crippen LogP contribution in [0.25, 0.3) is 0 Å². The largest absolute Gasteiger partial charge is 0.491 e. The summed E-state index contributed by atoms with van der Waals surface area (Å²) in [7, 11) is 3.64. The summed E-state index contributed by atoms with van der Waals surface area (Å²) in [5.74, 6) is 0.943. The molecule has 0 spiro atoms. The van der Waals surface area contributed by atoms with E-state index in [-0.39, 0.29) is 12.1 Å². The van der Waals surface area contributed by atoms with E-state index in [1.54, 1.807) is 7.11 Å². The molecule has 0 saturated carbocycles. The SMILES string of the molecule is CNC(CCOCCOC)c1ccccc1OC(C)C. The topological polar surface area (TPSA) is 39.7 Å². The maximum atomic E-state index is 5.87. The molecule has 1 unspecified atom stereocenters. The van der Waals surface area contributed by atoms with E-state index in [9.17, 15) is 0 Å². The minimum absolute atomic E-state index is 0.173. The molecule has 0 aliphatic rings. The van der Waals surface area contributed by atoms with E-state index in [0.29, 0.717) is 19.8 Å². The van der Waals surface area contributed by atoms with E-state index < -0.39 is 0 Å². The van der Waals surface area contributed by atoms with E-state index in [0.717, 1.165) is 12.2 Å². The minimum Gasteiger partial charge on any atom is -0.491 e. The lowest BCUT2D eigenvalue weighted by molar-refractivity contribution is 0.0659. The maximum absolute atomic E-state index is 5.87. The van der Waals surface area contributed by atoms with Gasteiger partial charge in [0.1, 0.15) is 5.75 Å². The molecule has 114 valence electrons. The van der Waals surface area contributed by atoms with Crippen LogP contribution in [0.5, 0.6) is 5.75 Å². The second-order valence-electron chi connectivity index (χ2n) is 4.94. The normalized spacial score (nSPS) is 12.7. The monoisotopic (exact) mass is 281 g/mol. The van der Waals surface area contributed by atoms with Crippen LogP contribution in [-0.2, 0) is 9.47 Å². The molecular weight excluding hydrogens is 254 g/mol. The van der Waals surface area contributed by atoms with Gasteiger partial charge in [-0.2, -0.15) is 0 Å². The van der Waals surface area contributed by atoms with Crippen LogP contribution in [0.3, 0.4) is 0 Å². The first-order valence-electron chi connectivity index (χ1n) is 7.18. The highest BCUT2D eigenvalue weighted by molar-refractivity contribution is 5.36. The summed E-state index contributed by atoms with van der Waals surface area (Å²) in [5.41, 5.74) is 1.18. The zero-order chi connectivity index (χ0) is 14.8. The van der Waals surface area contributed by atoms with Crippen LogP contribution >= 0.6 is 0 Å². The van der Waals surface area contributed by atoms with Gasteiger partial charge in [0.2, 0.25) is 0 Å². The highest BCUT2D eigenvalue weighted by Gasteiger charge is 2.14. The molecule has 0 aliphatic heterocycles. The van der Waals surface area contributed by atoms with Gasteiger partial charge in [-0.15, -0.1) is 0 Å². The van der Waals surface area contributed by atoms with Gasteiger partial charge < -0.3 is 19.5 Å². The molecule has 0 aromatic heterocycles. The van der Waals surface area contributed by atoms with Crippen molar-refractivity contribution in [2.24, 2.45) is 0 Å². The van der Waals surface area contributed by atoms with Crippen LogP contribution < -0.4 is 10.1 Å². The Morgan fingerprint density at radius 1 is 1.10 bits per heavy atom. The predicted octanol–water partition coefficient (Wildman–Crippen LogP) is 2.79. The lowest BCUT2D eigenvalue weighted by Crippen LogP contribution is -2.20. The van der Waals surface area contributed by atoms with Crippen LogP contribution in [0.15, 0.2) is 24.3 Å². The standard InChI is InChI=1S/C16H27NO3/c1-13(2)20-16-8-6-5-7-14(16)15(17-3)9-10-19-12-11-18-4/h5-8,13,15,17H,9-12H2,1-4H3. The fourth-order valence-electron chi connectivity index (χ4n) is 2.03. The smallest absolute Gasteiger partial charge is 0.124 e. The van der Waals surface area contributed by atoms with Crippen molar-refractivity contribution in [3.63, 3.8) is 0 Å². The molecule has 0 aliphatic carbocycles. The summed E-state index contributed by atoms with van der Waals surface area (Å²) < 4.78 is 16.4. The summed E-state index contributed by atoms with van der Waals surface area (Å²) in [4.78, 5) is 0. The van der Waals surface area contributed by atoms with Crippen molar-refractivity contribution in [3.8, 4) is 5.75 Å². The van der Waals surface area contributed by atoms with Gasteiger partial charge in [-0.3, -0.25) is 0 Å². The van der Waals surface area contributed by atoms with Gasteiger partial charge in [0.15, 0.2) is 0 Å². The second-order valence-corrected chi connectivity index (χ2v) is 4.94. The van der Waals surface area contributed by atoms with Crippen LogP contribution in [0.1, 0.15) is 31.9 Å². The number of ether oxygens (including phenoxy) is 3. The van der Waals surface area contributed by atoms with E-state index in [4.69, 9.17) is 14.2 Å². The van der Waals surface area contributed by atoms with E-state index >= 15 is 0 Å². The number of para-hydroxylation sites is 1. The number of hydrogen-bond acceptors (Lipinski definition) is 4. The molecule has 1 atom stereocenters. The van der Waals surface area contributed by atoms with Gasteiger partial charge in [-0.1, -0.05) is 18.2 Å². The second kappa shape index (κ2) is 9.75. The number of rotatable bonds is 10. The third-order valence-electron chi connectivity index (χ3n) is 2.99. The van der Waals surface area contributed by atoms with Crippen LogP contribution in [0.4, 0.5) is 0 Å². The highest BCUT2D eigenvalue weighted by atomic mass is 16.5. The van der Waals surface area contributed by atoms with Crippen LogP contribution in [0, 0.1) is 0 Å². The summed E-state index contributed by atoms with van der Waals surface area (Å²) >= 11 is 0. The van der Waals surface area contributed by atoms with Crippen LogP contribution in [0.2, 0.25) is 0 Å². The zero-order valence-corrected chi connectivity index (χ0v) is 13.0. The molecule has 1 N–H and O–H groups in total. The van der Waals surface area contributed by atoms with E-state index in [2.05, 4.69) is 11.4 Å². The van der Waals surface area contributed by atoms with Crippen molar-refractivity contribution in [2.45, 2.75) is 32.4 Å². The van der Waals surface area contributed by atoms with Crippen molar-refractivity contribution < 1.29 is 14.2 Å². The number of benzene rings is 1. The molecule has 0 fully saturated rings. The number of methoxy groups -OCH3 is 1. The predicted molar refractivity (Wildman–Crippen MR) is 81.3 cm³/mol. The van der Waals surface area contributed by atoms with Gasteiger partial charge in [-0.25, -0.2) is 0 Å². The summed E-state index contributed by atoms with van der Waals surface area (Å²) in [5, 5.41) is 3.33. The highest BCUT2D eigenvalue weighted by Crippen LogP contribution is 2.27. The average Bonchev–Trinajstić information content (AvgIpc) is 2.43.